The minimum absolute atomic E-state index is 0.0387. The summed E-state index contributed by atoms with van der Waals surface area (Å²) in [7, 11) is 0. The van der Waals surface area contributed by atoms with Crippen molar-refractivity contribution in [2.24, 2.45) is 0 Å². The smallest absolute Gasteiger partial charge is 0.159 e. The quantitative estimate of drug-likeness (QED) is 0.903. The van der Waals surface area contributed by atoms with Gasteiger partial charge in [0.2, 0.25) is 0 Å². The third-order valence-corrected chi connectivity index (χ3v) is 2.90. The molecule has 0 fully saturated rings. The van der Waals surface area contributed by atoms with E-state index in [-0.39, 0.29) is 17.0 Å². The van der Waals surface area contributed by atoms with Gasteiger partial charge in [-0.15, -0.1) is 0 Å². The standard InChI is InChI=1S/C14H10ClF3O/c15-10-5-9(6-11(16)7-10)14(19)4-8-1-2-12(17)13(18)3-8/h1-3,5-7,14,19H,4H2. The van der Waals surface area contributed by atoms with Crippen LogP contribution in [-0.4, -0.2) is 5.11 Å². The highest BCUT2D eigenvalue weighted by molar-refractivity contribution is 6.30. The van der Waals surface area contributed by atoms with Crippen LogP contribution in [0.4, 0.5) is 13.2 Å². The van der Waals surface area contributed by atoms with Crippen LogP contribution >= 0.6 is 11.6 Å². The van der Waals surface area contributed by atoms with Gasteiger partial charge >= 0.3 is 0 Å². The fraction of sp³-hybridized carbons (Fsp3) is 0.143. The summed E-state index contributed by atoms with van der Waals surface area (Å²) >= 11 is 5.68. The Labute approximate surface area is 113 Å². The Bertz CT molecular complexity index is 581. The van der Waals surface area contributed by atoms with Crippen molar-refractivity contribution in [3.05, 3.63) is 70.0 Å². The van der Waals surface area contributed by atoms with E-state index in [1.54, 1.807) is 0 Å². The van der Waals surface area contributed by atoms with E-state index < -0.39 is 23.6 Å². The number of hydrogen-bond donors (Lipinski definition) is 1. The van der Waals surface area contributed by atoms with Crippen molar-refractivity contribution < 1.29 is 18.3 Å². The lowest BCUT2D eigenvalue weighted by molar-refractivity contribution is 0.178. The van der Waals surface area contributed by atoms with Crippen LogP contribution in [0.25, 0.3) is 0 Å². The van der Waals surface area contributed by atoms with E-state index in [0.717, 1.165) is 24.3 Å². The van der Waals surface area contributed by atoms with Crippen molar-refractivity contribution in [2.75, 3.05) is 0 Å². The molecular formula is C14H10ClF3O. The van der Waals surface area contributed by atoms with Crippen LogP contribution in [0.15, 0.2) is 36.4 Å². The van der Waals surface area contributed by atoms with Crippen molar-refractivity contribution in [3.63, 3.8) is 0 Å². The lowest BCUT2D eigenvalue weighted by Gasteiger charge is -2.12. The fourth-order valence-electron chi connectivity index (χ4n) is 1.78. The number of halogens is 4. The maximum absolute atomic E-state index is 13.1. The Morgan fingerprint density at radius 1 is 1.00 bits per heavy atom. The molecule has 2 aromatic rings. The first-order chi connectivity index (χ1) is 8.95. The topological polar surface area (TPSA) is 20.2 Å². The van der Waals surface area contributed by atoms with E-state index in [0.29, 0.717) is 5.56 Å². The molecule has 0 bridgehead atoms. The van der Waals surface area contributed by atoms with Gasteiger partial charge in [0.05, 0.1) is 6.10 Å². The molecule has 0 spiro atoms. The van der Waals surface area contributed by atoms with E-state index in [1.807, 2.05) is 0 Å². The minimum Gasteiger partial charge on any atom is -0.388 e. The highest BCUT2D eigenvalue weighted by Crippen LogP contribution is 2.23. The molecule has 0 aromatic heterocycles. The zero-order valence-corrected chi connectivity index (χ0v) is 10.5. The van der Waals surface area contributed by atoms with Gasteiger partial charge in [-0.2, -0.15) is 0 Å². The summed E-state index contributed by atoms with van der Waals surface area (Å²) in [5, 5.41) is 10.1. The second-order valence-corrected chi connectivity index (χ2v) is 4.61. The van der Waals surface area contributed by atoms with E-state index >= 15 is 0 Å². The van der Waals surface area contributed by atoms with Gasteiger partial charge in [0.25, 0.3) is 0 Å². The van der Waals surface area contributed by atoms with Gasteiger partial charge in [-0.3, -0.25) is 0 Å². The van der Waals surface area contributed by atoms with Crippen molar-refractivity contribution >= 4 is 11.6 Å². The average molecular weight is 287 g/mol. The number of aliphatic hydroxyl groups excluding tert-OH is 1. The molecule has 0 aliphatic heterocycles. The zero-order chi connectivity index (χ0) is 14.0. The summed E-state index contributed by atoms with van der Waals surface area (Å²) in [6.45, 7) is 0. The largest absolute Gasteiger partial charge is 0.388 e. The Morgan fingerprint density at radius 2 is 1.74 bits per heavy atom. The normalized spacial score (nSPS) is 12.5. The van der Waals surface area contributed by atoms with Crippen molar-refractivity contribution in [3.8, 4) is 0 Å². The highest BCUT2D eigenvalue weighted by atomic mass is 35.5. The van der Waals surface area contributed by atoms with E-state index in [9.17, 15) is 18.3 Å². The summed E-state index contributed by atoms with van der Waals surface area (Å²) in [5.74, 6) is -2.50. The lowest BCUT2D eigenvalue weighted by atomic mass is 10.0. The van der Waals surface area contributed by atoms with E-state index in [4.69, 9.17) is 11.6 Å². The minimum atomic E-state index is -1.04. The Kier molecular flexibility index (Phi) is 4.12. The number of benzene rings is 2. The molecule has 1 N–H and O–H groups in total. The van der Waals surface area contributed by atoms with Gasteiger partial charge in [0.1, 0.15) is 5.82 Å². The van der Waals surface area contributed by atoms with Gasteiger partial charge in [-0.1, -0.05) is 17.7 Å². The molecular weight excluding hydrogens is 277 g/mol. The van der Waals surface area contributed by atoms with Gasteiger partial charge in [-0.05, 0) is 41.5 Å². The predicted molar refractivity (Wildman–Crippen MR) is 66.4 cm³/mol. The summed E-state index contributed by atoms with van der Waals surface area (Å²) < 4.78 is 38.9. The first-order valence-corrected chi connectivity index (χ1v) is 5.91. The zero-order valence-electron chi connectivity index (χ0n) is 9.71. The number of hydrogen-bond acceptors (Lipinski definition) is 1. The van der Waals surface area contributed by atoms with Crippen LogP contribution in [-0.2, 0) is 6.42 Å². The molecule has 0 amide bonds. The molecule has 0 radical (unpaired) electrons. The van der Waals surface area contributed by atoms with Crippen LogP contribution < -0.4 is 0 Å². The lowest BCUT2D eigenvalue weighted by Crippen LogP contribution is -2.03. The Balaban J connectivity index is 2.20. The predicted octanol–water partition coefficient (Wildman–Crippen LogP) is 4.03. The SMILES string of the molecule is OC(Cc1ccc(F)c(F)c1)c1cc(F)cc(Cl)c1. The Hall–Kier alpha value is -1.52. The average Bonchev–Trinajstić information content (AvgIpc) is 2.32. The molecule has 2 rings (SSSR count). The van der Waals surface area contributed by atoms with Gasteiger partial charge in [0.15, 0.2) is 11.6 Å². The summed E-state index contributed by atoms with van der Waals surface area (Å²) in [6.07, 6.45) is -1.00. The van der Waals surface area contributed by atoms with Gasteiger partial charge < -0.3 is 5.11 Å². The maximum Gasteiger partial charge on any atom is 0.159 e. The molecule has 0 saturated carbocycles. The fourth-order valence-corrected chi connectivity index (χ4v) is 2.01. The Morgan fingerprint density at radius 3 is 2.37 bits per heavy atom. The van der Waals surface area contributed by atoms with Crippen LogP contribution in [0.1, 0.15) is 17.2 Å². The molecule has 1 unspecified atom stereocenters. The van der Waals surface area contributed by atoms with Gasteiger partial charge in [-0.25, -0.2) is 13.2 Å². The summed E-state index contributed by atoms with van der Waals surface area (Å²) in [6, 6.07) is 7.04. The molecule has 0 heterocycles. The van der Waals surface area contributed by atoms with Gasteiger partial charge in [0, 0.05) is 11.4 Å². The molecule has 1 atom stereocenters. The van der Waals surface area contributed by atoms with Crippen LogP contribution in [0.2, 0.25) is 5.02 Å². The summed E-state index contributed by atoms with van der Waals surface area (Å²) in [4.78, 5) is 0. The molecule has 100 valence electrons. The molecule has 19 heavy (non-hydrogen) atoms. The second kappa shape index (κ2) is 5.63. The first-order valence-electron chi connectivity index (χ1n) is 5.53. The molecule has 0 aliphatic carbocycles. The van der Waals surface area contributed by atoms with Crippen LogP contribution in [0, 0.1) is 17.5 Å². The third-order valence-electron chi connectivity index (χ3n) is 2.68. The first kappa shape index (κ1) is 13.9. The van der Waals surface area contributed by atoms with Crippen molar-refractivity contribution in [1.29, 1.82) is 0 Å². The van der Waals surface area contributed by atoms with Crippen LogP contribution in [0.3, 0.4) is 0 Å². The van der Waals surface area contributed by atoms with E-state index in [1.165, 1.54) is 12.1 Å². The molecule has 1 nitrogen and oxygen atoms in total. The van der Waals surface area contributed by atoms with E-state index in [2.05, 4.69) is 0 Å². The van der Waals surface area contributed by atoms with Crippen molar-refractivity contribution in [1.82, 2.24) is 0 Å². The van der Waals surface area contributed by atoms with Crippen LogP contribution in [0.5, 0.6) is 0 Å². The monoisotopic (exact) mass is 286 g/mol. The second-order valence-electron chi connectivity index (χ2n) is 4.17. The highest BCUT2D eigenvalue weighted by Gasteiger charge is 2.12. The summed E-state index contributed by atoms with van der Waals surface area (Å²) in [5.41, 5.74) is 0.696. The number of rotatable bonds is 3. The number of aliphatic hydroxyl groups is 1. The maximum atomic E-state index is 13.1. The third kappa shape index (κ3) is 3.49. The molecule has 0 aliphatic rings. The molecule has 0 saturated heterocycles. The van der Waals surface area contributed by atoms with Crippen molar-refractivity contribution in [2.45, 2.75) is 12.5 Å². The molecule has 5 heteroatoms. The molecule has 2 aromatic carbocycles.